The minimum Gasteiger partial charge on any atom is -0.456 e. The molecule has 0 aliphatic carbocycles. The van der Waals surface area contributed by atoms with Crippen LogP contribution in [-0.4, -0.2) is 29.9 Å². The van der Waals surface area contributed by atoms with Crippen LogP contribution in [0.3, 0.4) is 0 Å². The van der Waals surface area contributed by atoms with E-state index < -0.39 is 0 Å². The maximum Gasteiger partial charge on any atom is 0.321 e. The van der Waals surface area contributed by atoms with Gasteiger partial charge >= 0.3 is 6.03 Å². The molecule has 6 heteroatoms. The summed E-state index contributed by atoms with van der Waals surface area (Å²) in [4.78, 5) is 27.3. The fourth-order valence-corrected chi connectivity index (χ4v) is 4.15. The highest BCUT2D eigenvalue weighted by molar-refractivity contribution is 6.07. The third-order valence-electron chi connectivity index (χ3n) is 5.75. The van der Waals surface area contributed by atoms with Gasteiger partial charge in [-0.1, -0.05) is 36.4 Å². The quantitative estimate of drug-likeness (QED) is 0.468. The van der Waals surface area contributed by atoms with Crippen LogP contribution in [0.5, 0.6) is 0 Å². The van der Waals surface area contributed by atoms with E-state index in [2.05, 4.69) is 10.6 Å². The molecular formula is C25H23N3O3. The van der Waals surface area contributed by atoms with Crippen LogP contribution in [0.4, 0.5) is 16.2 Å². The highest BCUT2D eigenvalue weighted by Crippen LogP contribution is 2.31. The second-order valence-electron chi connectivity index (χ2n) is 7.88. The molecule has 6 nitrogen and oxygen atoms in total. The molecule has 1 fully saturated rings. The lowest BCUT2D eigenvalue weighted by atomic mass is 9.97. The van der Waals surface area contributed by atoms with Crippen LogP contribution in [0.1, 0.15) is 12.8 Å². The number of amides is 3. The number of para-hydroxylation sites is 2. The average Bonchev–Trinajstić information content (AvgIpc) is 3.18. The van der Waals surface area contributed by atoms with Crippen molar-refractivity contribution in [2.24, 2.45) is 5.92 Å². The summed E-state index contributed by atoms with van der Waals surface area (Å²) in [6.07, 6.45) is 1.56. The number of carbonyl (C=O) groups is 2. The lowest BCUT2D eigenvalue weighted by molar-refractivity contribution is -0.121. The number of hydrogen-bond acceptors (Lipinski definition) is 3. The van der Waals surface area contributed by atoms with Gasteiger partial charge in [-0.15, -0.1) is 0 Å². The molecule has 0 spiro atoms. The van der Waals surface area contributed by atoms with Crippen molar-refractivity contribution in [3.8, 4) is 0 Å². The molecule has 3 aromatic carbocycles. The summed E-state index contributed by atoms with van der Waals surface area (Å²) in [6.45, 7) is 1.05. The molecule has 1 aliphatic heterocycles. The largest absolute Gasteiger partial charge is 0.456 e. The van der Waals surface area contributed by atoms with Crippen molar-refractivity contribution in [1.82, 2.24) is 4.90 Å². The van der Waals surface area contributed by atoms with Gasteiger partial charge in [0.15, 0.2) is 0 Å². The number of nitrogens with zero attached hydrogens (tertiary/aromatic N) is 1. The number of likely N-dealkylation sites (tertiary alicyclic amines) is 1. The number of rotatable bonds is 3. The molecule has 0 saturated carbocycles. The van der Waals surface area contributed by atoms with Gasteiger partial charge in [-0.05, 0) is 49.2 Å². The van der Waals surface area contributed by atoms with E-state index in [0.29, 0.717) is 13.1 Å². The molecule has 3 amide bonds. The molecule has 31 heavy (non-hydrogen) atoms. The zero-order chi connectivity index (χ0) is 21.2. The van der Waals surface area contributed by atoms with Gasteiger partial charge in [-0.25, -0.2) is 4.79 Å². The molecule has 0 radical (unpaired) electrons. The maximum atomic E-state index is 12.9. The zero-order valence-electron chi connectivity index (χ0n) is 17.0. The summed E-state index contributed by atoms with van der Waals surface area (Å²) in [5.41, 5.74) is 3.10. The molecule has 1 aliphatic rings. The van der Waals surface area contributed by atoms with Gasteiger partial charge in [-0.2, -0.15) is 0 Å². The summed E-state index contributed by atoms with van der Waals surface area (Å²) in [6, 6.07) is 22.7. The van der Waals surface area contributed by atoms with Crippen LogP contribution in [0.15, 0.2) is 77.2 Å². The number of piperidine rings is 1. The molecule has 5 rings (SSSR count). The summed E-state index contributed by atoms with van der Waals surface area (Å²) >= 11 is 0. The Balaban J connectivity index is 1.27. The minimum atomic E-state index is -0.243. The van der Waals surface area contributed by atoms with Crippen LogP contribution in [-0.2, 0) is 4.79 Å². The number of hydrogen-bond donors (Lipinski definition) is 2. The first-order valence-corrected chi connectivity index (χ1v) is 10.5. The highest BCUT2D eigenvalue weighted by atomic mass is 16.3. The highest BCUT2D eigenvalue weighted by Gasteiger charge is 2.28. The first kappa shape index (κ1) is 19.2. The Labute approximate surface area is 179 Å². The molecule has 2 N–H and O–H groups in total. The fraction of sp³-hybridized carbons (Fsp3) is 0.200. The summed E-state index contributed by atoms with van der Waals surface area (Å²) in [7, 11) is 0. The van der Waals surface area contributed by atoms with Gasteiger partial charge in [0.1, 0.15) is 11.2 Å². The molecule has 1 unspecified atom stereocenters. The van der Waals surface area contributed by atoms with E-state index in [-0.39, 0.29) is 17.9 Å². The molecule has 1 saturated heterocycles. The van der Waals surface area contributed by atoms with Crippen molar-refractivity contribution in [3.63, 3.8) is 0 Å². The van der Waals surface area contributed by atoms with Crippen molar-refractivity contribution in [2.45, 2.75) is 12.8 Å². The molecule has 0 bridgehead atoms. The van der Waals surface area contributed by atoms with Crippen molar-refractivity contribution in [3.05, 3.63) is 72.8 Å². The van der Waals surface area contributed by atoms with Gasteiger partial charge in [-0.3, -0.25) is 4.79 Å². The molecule has 156 valence electrons. The maximum absolute atomic E-state index is 12.9. The predicted molar refractivity (Wildman–Crippen MR) is 122 cm³/mol. The Morgan fingerprint density at radius 2 is 1.61 bits per heavy atom. The molecule has 2 heterocycles. The van der Waals surface area contributed by atoms with Gasteiger partial charge in [0.25, 0.3) is 0 Å². The van der Waals surface area contributed by atoms with E-state index >= 15 is 0 Å². The van der Waals surface area contributed by atoms with E-state index in [0.717, 1.165) is 46.2 Å². The van der Waals surface area contributed by atoms with Crippen molar-refractivity contribution in [2.75, 3.05) is 23.7 Å². The second-order valence-corrected chi connectivity index (χ2v) is 7.88. The number of urea groups is 1. The summed E-state index contributed by atoms with van der Waals surface area (Å²) in [5.74, 6) is -0.309. The zero-order valence-corrected chi connectivity index (χ0v) is 17.0. The van der Waals surface area contributed by atoms with Crippen molar-refractivity contribution >= 4 is 45.3 Å². The third kappa shape index (κ3) is 3.97. The Bertz CT molecular complexity index is 1250. The second kappa shape index (κ2) is 8.14. The van der Waals surface area contributed by atoms with Crippen LogP contribution >= 0.6 is 0 Å². The monoisotopic (exact) mass is 413 g/mol. The normalized spacial score (nSPS) is 16.4. The lowest BCUT2D eigenvalue weighted by Crippen LogP contribution is -2.45. The lowest BCUT2D eigenvalue weighted by Gasteiger charge is -2.32. The number of anilines is 2. The van der Waals surface area contributed by atoms with E-state index in [1.165, 1.54) is 0 Å². The number of nitrogens with one attached hydrogen (secondary N) is 2. The van der Waals surface area contributed by atoms with Crippen LogP contribution < -0.4 is 10.6 Å². The van der Waals surface area contributed by atoms with Crippen LogP contribution in [0.2, 0.25) is 0 Å². The van der Waals surface area contributed by atoms with E-state index in [1.807, 2.05) is 72.8 Å². The molecule has 1 aromatic heterocycles. The SMILES string of the molecule is O=C(Nc1ccc2oc3ccccc3c2c1)C1CCCN(C(=O)Nc2ccccc2)C1. The number of carbonyl (C=O) groups excluding carboxylic acids is 2. The first-order chi connectivity index (χ1) is 15.2. The average molecular weight is 413 g/mol. The molecule has 1 atom stereocenters. The number of furan rings is 1. The number of fused-ring (bicyclic) bond motifs is 3. The van der Waals surface area contributed by atoms with Gasteiger partial charge < -0.3 is 20.0 Å². The Morgan fingerprint density at radius 1 is 0.839 bits per heavy atom. The summed E-state index contributed by atoms with van der Waals surface area (Å²) in [5, 5.41) is 7.92. The van der Waals surface area contributed by atoms with Crippen LogP contribution in [0.25, 0.3) is 21.9 Å². The predicted octanol–water partition coefficient (Wildman–Crippen LogP) is 5.47. The van der Waals surface area contributed by atoms with E-state index in [9.17, 15) is 9.59 Å². The standard InChI is InChI=1S/C25H23N3O3/c29-24(17-7-6-14-28(16-17)25(30)27-18-8-2-1-3-9-18)26-19-12-13-23-21(15-19)20-10-4-5-11-22(20)31-23/h1-5,8-13,15,17H,6-7,14,16H2,(H,26,29)(H,27,30). The van der Waals surface area contributed by atoms with Gasteiger partial charge in [0.2, 0.25) is 5.91 Å². The molecular weight excluding hydrogens is 390 g/mol. The van der Waals surface area contributed by atoms with Crippen molar-refractivity contribution in [1.29, 1.82) is 0 Å². The Hall–Kier alpha value is -3.80. The first-order valence-electron chi connectivity index (χ1n) is 10.5. The topological polar surface area (TPSA) is 74.6 Å². The third-order valence-corrected chi connectivity index (χ3v) is 5.75. The smallest absolute Gasteiger partial charge is 0.321 e. The minimum absolute atomic E-state index is 0.0654. The van der Waals surface area contributed by atoms with Gasteiger partial charge in [0.05, 0.1) is 5.92 Å². The Kier molecular flexibility index (Phi) is 5.04. The summed E-state index contributed by atoms with van der Waals surface area (Å²) < 4.78 is 5.85. The van der Waals surface area contributed by atoms with Crippen LogP contribution in [0, 0.1) is 5.92 Å². The van der Waals surface area contributed by atoms with E-state index in [1.54, 1.807) is 4.90 Å². The van der Waals surface area contributed by atoms with Gasteiger partial charge in [0, 0.05) is 35.2 Å². The van der Waals surface area contributed by atoms with E-state index in [4.69, 9.17) is 4.42 Å². The molecule has 4 aromatic rings. The Morgan fingerprint density at radius 3 is 2.48 bits per heavy atom. The number of benzene rings is 3. The van der Waals surface area contributed by atoms with Crippen molar-refractivity contribution < 1.29 is 14.0 Å². The fourth-order valence-electron chi connectivity index (χ4n) is 4.15.